The molecule has 4 amide bonds. The van der Waals surface area contributed by atoms with Crippen molar-refractivity contribution in [2.75, 3.05) is 13.1 Å². The van der Waals surface area contributed by atoms with E-state index in [0.29, 0.717) is 49.3 Å². The first-order valence-corrected chi connectivity index (χ1v) is 21.3. The monoisotopic (exact) mass is 790 g/mol. The molecular formula is C44H50N6O6S. The van der Waals surface area contributed by atoms with Crippen molar-refractivity contribution in [1.82, 2.24) is 30.8 Å². The highest BCUT2D eigenvalue weighted by Gasteiger charge is 2.61. The fourth-order valence-electron chi connectivity index (χ4n) is 8.42. The van der Waals surface area contributed by atoms with E-state index in [4.69, 9.17) is 19.4 Å². The van der Waals surface area contributed by atoms with Crippen LogP contribution in [0.3, 0.4) is 0 Å². The SMILES string of the molecule is O=C(N[C@@H]1CCCCCC=C[C@@H]2C[C@]2(C(=O)NCCc2ccccc2)NC(=O)[C@@H]2C[C@H](Oc3nc4ccccc4nc3-c3cccs3)CN2C1=O)OC1CCCC1. The van der Waals surface area contributed by atoms with Gasteiger partial charge in [0.15, 0.2) is 0 Å². The number of alkyl carbamates (subject to hydrolysis) is 1. The highest BCUT2D eigenvalue weighted by molar-refractivity contribution is 7.13. The van der Waals surface area contributed by atoms with Gasteiger partial charge < -0.3 is 30.3 Å². The van der Waals surface area contributed by atoms with Crippen LogP contribution in [0.25, 0.3) is 21.6 Å². The number of fused-ring (bicyclic) bond motifs is 3. The molecule has 2 aliphatic heterocycles. The second-order valence-electron chi connectivity index (χ2n) is 15.7. The number of thiophene rings is 1. The minimum atomic E-state index is -1.14. The molecule has 2 aromatic carbocycles. The number of rotatable bonds is 9. The van der Waals surface area contributed by atoms with Crippen molar-refractivity contribution in [3.63, 3.8) is 0 Å². The fraction of sp³-hybridized carbons (Fsp3) is 0.455. The molecule has 4 aromatic rings. The molecule has 4 aliphatic rings. The molecule has 3 fully saturated rings. The molecule has 1 saturated heterocycles. The Kier molecular flexibility index (Phi) is 11.8. The number of amides is 4. The molecular weight excluding hydrogens is 741 g/mol. The molecule has 0 spiro atoms. The molecule has 57 heavy (non-hydrogen) atoms. The third kappa shape index (κ3) is 8.98. The van der Waals surface area contributed by atoms with Gasteiger partial charge in [-0.15, -0.1) is 11.3 Å². The summed E-state index contributed by atoms with van der Waals surface area (Å²) in [7, 11) is 0. The van der Waals surface area contributed by atoms with Crippen molar-refractivity contribution in [3.05, 3.63) is 89.8 Å². The van der Waals surface area contributed by atoms with Gasteiger partial charge in [0, 0.05) is 18.9 Å². The summed E-state index contributed by atoms with van der Waals surface area (Å²) in [6.07, 6.45) is 11.3. The van der Waals surface area contributed by atoms with E-state index >= 15 is 0 Å². The summed E-state index contributed by atoms with van der Waals surface area (Å²) in [6.45, 7) is 0.495. The zero-order chi connectivity index (χ0) is 39.2. The summed E-state index contributed by atoms with van der Waals surface area (Å²) in [5, 5.41) is 11.1. The van der Waals surface area contributed by atoms with E-state index < -0.39 is 35.7 Å². The minimum Gasteiger partial charge on any atom is -0.471 e. The number of para-hydroxylation sites is 2. The van der Waals surface area contributed by atoms with Crippen molar-refractivity contribution < 1.29 is 28.7 Å². The quantitative estimate of drug-likeness (QED) is 0.163. The van der Waals surface area contributed by atoms with Crippen molar-refractivity contribution in [3.8, 4) is 16.5 Å². The lowest BCUT2D eigenvalue weighted by Gasteiger charge is -2.30. The van der Waals surface area contributed by atoms with Gasteiger partial charge in [-0.05, 0) is 86.9 Å². The number of carbonyl (C=O) groups is 4. The van der Waals surface area contributed by atoms with Gasteiger partial charge in [-0.2, -0.15) is 0 Å². The Morgan fingerprint density at radius 2 is 1.67 bits per heavy atom. The first-order valence-electron chi connectivity index (χ1n) is 20.4. The maximum atomic E-state index is 14.7. The number of hydrogen-bond donors (Lipinski definition) is 3. The Hall–Kier alpha value is -5.30. The van der Waals surface area contributed by atoms with E-state index in [1.807, 2.05) is 78.2 Å². The van der Waals surface area contributed by atoms with Gasteiger partial charge in [-0.25, -0.2) is 14.8 Å². The Morgan fingerprint density at radius 1 is 0.895 bits per heavy atom. The van der Waals surface area contributed by atoms with Crippen LogP contribution in [0.5, 0.6) is 5.88 Å². The van der Waals surface area contributed by atoms with E-state index in [-0.39, 0.29) is 36.8 Å². The van der Waals surface area contributed by atoms with E-state index in [9.17, 15) is 19.2 Å². The number of allylic oxidation sites excluding steroid dienone is 1. The molecule has 13 heteroatoms. The summed E-state index contributed by atoms with van der Waals surface area (Å²) in [5.74, 6) is -0.922. The number of nitrogens with one attached hydrogen (secondary N) is 3. The van der Waals surface area contributed by atoms with Crippen molar-refractivity contribution in [2.45, 2.75) is 107 Å². The Labute approximate surface area is 336 Å². The molecule has 2 aliphatic carbocycles. The predicted octanol–water partition coefficient (Wildman–Crippen LogP) is 6.50. The van der Waals surface area contributed by atoms with Gasteiger partial charge in [0.2, 0.25) is 23.6 Å². The highest BCUT2D eigenvalue weighted by atomic mass is 32.1. The lowest BCUT2D eigenvalue weighted by molar-refractivity contribution is -0.141. The molecule has 5 atom stereocenters. The number of aromatic nitrogens is 2. The summed E-state index contributed by atoms with van der Waals surface area (Å²) in [4.78, 5) is 68.7. The summed E-state index contributed by atoms with van der Waals surface area (Å²) < 4.78 is 12.4. The number of nitrogens with zero attached hydrogens (tertiary/aromatic N) is 3. The fourth-order valence-corrected chi connectivity index (χ4v) is 9.13. The molecule has 2 aromatic heterocycles. The predicted molar refractivity (Wildman–Crippen MR) is 217 cm³/mol. The van der Waals surface area contributed by atoms with Gasteiger partial charge in [0.25, 0.3) is 0 Å². The smallest absolute Gasteiger partial charge is 0.408 e. The molecule has 0 radical (unpaired) electrons. The zero-order valence-electron chi connectivity index (χ0n) is 32.1. The number of carbonyl (C=O) groups excluding carboxylic acids is 4. The third-order valence-corrected chi connectivity index (χ3v) is 12.5. The van der Waals surface area contributed by atoms with Crippen LogP contribution in [0.15, 0.2) is 84.3 Å². The molecule has 4 heterocycles. The molecule has 8 rings (SSSR count). The Balaban J connectivity index is 1.07. The number of benzene rings is 2. The molecule has 2 saturated carbocycles. The first kappa shape index (κ1) is 38.6. The lowest BCUT2D eigenvalue weighted by atomic mass is 10.0. The molecule has 0 bridgehead atoms. The maximum absolute atomic E-state index is 14.7. The Bertz CT molecular complexity index is 2090. The average Bonchev–Trinajstić information content (AvgIpc) is 3.72. The van der Waals surface area contributed by atoms with Crippen LogP contribution in [0.2, 0.25) is 0 Å². The standard InChI is InChI=1S/C44H50N6O6S/c51-39-36-26-32(55-40-38(37-22-13-25-57-37)46-33-19-11-12-20-34(33)47-40)28-50(36)41(52)35(48-43(54)56-31-17-9-10-18-31)21-8-3-1-2-7-16-30-27-44(30,49-39)42(53)45-24-23-29-14-5-4-6-15-29/h4-7,11-16,19-20,22,25,30-32,35-36H,1-3,8-10,17-18,21,23-24,26-28H2,(H,45,53)(H,48,54)(H,49,51)/t30-,32+,35-,36+,44+/m1/s1. The zero-order valence-corrected chi connectivity index (χ0v) is 32.9. The van der Waals surface area contributed by atoms with E-state index in [0.717, 1.165) is 60.9 Å². The molecule has 3 N–H and O–H groups in total. The summed E-state index contributed by atoms with van der Waals surface area (Å²) in [6, 6.07) is 19.5. The first-order chi connectivity index (χ1) is 27.9. The van der Waals surface area contributed by atoms with Gasteiger partial charge in [0.05, 0.1) is 22.5 Å². The van der Waals surface area contributed by atoms with Crippen LogP contribution in [0.1, 0.15) is 76.2 Å². The lowest BCUT2D eigenvalue weighted by Crippen LogP contribution is -2.58. The largest absolute Gasteiger partial charge is 0.471 e. The van der Waals surface area contributed by atoms with Crippen molar-refractivity contribution >= 4 is 46.2 Å². The van der Waals surface area contributed by atoms with Gasteiger partial charge >= 0.3 is 6.09 Å². The van der Waals surface area contributed by atoms with Crippen molar-refractivity contribution in [2.24, 2.45) is 5.92 Å². The topological polar surface area (TPSA) is 152 Å². The van der Waals surface area contributed by atoms with Crippen LogP contribution in [0, 0.1) is 5.92 Å². The maximum Gasteiger partial charge on any atom is 0.408 e. The second kappa shape index (κ2) is 17.5. The van der Waals surface area contributed by atoms with Gasteiger partial charge in [-0.1, -0.05) is 73.5 Å². The molecule has 0 unspecified atom stereocenters. The van der Waals surface area contributed by atoms with Crippen LogP contribution in [-0.4, -0.2) is 81.6 Å². The summed E-state index contributed by atoms with van der Waals surface area (Å²) >= 11 is 1.52. The normalized spacial score (nSPS) is 25.4. The van der Waals surface area contributed by atoms with Crippen LogP contribution in [-0.2, 0) is 25.5 Å². The number of ether oxygens (including phenoxy) is 2. The van der Waals surface area contributed by atoms with Crippen LogP contribution >= 0.6 is 11.3 Å². The van der Waals surface area contributed by atoms with E-state index in [1.165, 1.54) is 16.2 Å². The van der Waals surface area contributed by atoms with Crippen LogP contribution in [0.4, 0.5) is 4.79 Å². The van der Waals surface area contributed by atoms with Crippen LogP contribution < -0.4 is 20.7 Å². The van der Waals surface area contributed by atoms with E-state index in [1.54, 1.807) is 0 Å². The summed E-state index contributed by atoms with van der Waals surface area (Å²) in [5.41, 5.74) is 1.93. The van der Waals surface area contributed by atoms with E-state index in [2.05, 4.69) is 22.0 Å². The molecule has 298 valence electrons. The Morgan fingerprint density at radius 3 is 2.46 bits per heavy atom. The van der Waals surface area contributed by atoms with Gasteiger partial charge in [0.1, 0.15) is 35.5 Å². The average molecular weight is 791 g/mol. The highest BCUT2D eigenvalue weighted by Crippen LogP contribution is 2.45. The molecule has 12 nitrogen and oxygen atoms in total. The number of hydrogen-bond acceptors (Lipinski definition) is 9. The third-order valence-electron chi connectivity index (χ3n) is 11.6. The van der Waals surface area contributed by atoms with Crippen molar-refractivity contribution in [1.29, 1.82) is 0 Å². The minimum absolute atomic E-state index is 0.0742. The second-order valence-corrected chi connectivity index (χ2v) is 16.6. The van der Waals surface area contributed by atoms with Gasteiger partial charge in [-0.3, -0.25) is 14.4 Å².